The number of aryl methyl sites for hydroxylation is 1. The molecule has 0 aliphatic carbocycles. The quantitative estimate of drug-likeness (QED) is 0.638. The van der Waals surface area contributed by atoms with Crippen LogP contribution in [0.2, 0.25) is 0 Å². The van der Waals surface area contributed by atoms with Crippen molar-refractivity contribution < 1.29 is 23.2 Å². The molecule has 0 unspecified atom stereocenters. The molecule has 0 radical (unpaired) electrons. The molecule has 1 heterocycles. The van der Waals surface area contributed by atoms with Gasteiger partial charge < -0.3 is 10.0 Å². The number of hydrogen-bond acceptors (Lipinski definition) is 3. The monoisotopic (exact) mass is 205 g/mol. The Bertz CT molecular complexity index is 340. The van der Waals surface area contributed by atoms with Crippen LogP contribution in [0.15, 0.2) is 12.3 Å². The van der Waals surface area contributed by atoms with E-state index in [0.29, 0.717) is 5.56 Å². The molecule has 0 aliphatic heterocycles. The van der Waals surface area contributed by atoms with E-state index < -0.39 is 24.5 Å². The van der Waals surface area contributed by atoms with Crippen molar-refractivity contribution in [2.75, 3.05) is 0 Å². The van der Waals surface area contributed by atoms with Crippen LogP contribution in [0, 0.1) is 6.92 Å². The molecule has 0 aliphatic rings. The molecular formula is C7H7BF3NO2. The smallest absolute Gasteiger partial charge is 0.423 e. The molecule has 0 atom stereocenters. The van der Waals surface area contributed by atoms with Crippen LogP contribution in [-0.2, 0) is 6.18 Å². The zero-order chi connectivity index (χ0) is 10.9. The Morgan fingerprint density at radius 3 is 2.36 bits per heavy atom. The van der Waals surface area contributed by atoms with Gasteiger partial charge in [-0.15, -0.1) is 0 Å². The molecule has 0 amide bonds. The summed E-state index contributed by atoms with van der Waals surface area (Å²) in [6, 6.07) is 1.04. The molecule has 0 fully saturated rings. The molecule has 0 saturated carbocycles. The fraction of sp³-hybridized carbons (Fsp3) is 0.286. The first-order valence-corrected chi connectivity index (χ1v) is 3.72. The molecule has 1 aromatic rings. The molecule has 1 rings (SSSR count). The van der Waals surface area contributed by atoms with E-state index in [2.05, 4.69) is 4.98 Å². The third kappa shape index (κ3) is 2.24. The lowest BCUT2D eigenvalue weighted by Gasteiger charge is -2.11. The van der Waals surface area contributed by atoms with E-state index in [1.807, 2.05) is 0 Å². The Labute approximate surface area is 78.4 Å². The lowest BCUT2D eigenvalue weighted by Crippen LogP contribution is -2.37. The average Bonchev–Trinajstić information content (AvgIpc) is 2.01. The molecule has 7 heteroatoms. The molecule has 2 N–H and O–H groups in total. The number of pyridine rings is 1. The predicted octanol–water partition coefficient (Wildman–Crippen LogP) is 0.0886. The summed E-state index contributed by atoms with van der Waals surface area (Å²) in [5.41, 5.74) is -1.46. The standard InChI is InChI=1S/C7H7BF3NO2/c1-4-2-5(8(13)14)6(12-3-4)7(9,10)11/h2-3,13-14H,1H3. The summed E-state index contributed by atoms with van der Waals surface area (Å²) in [4.78, 5) is 3.13. The van der Waals surface area contributed by atoms with Crippen LogP contribution in [-0.4, -0.2) is 22.2 Å². The van der Waals surface area contributed by atoms with Crippen molar-refractivity contribution in [3.8, 4) is 0 Å². The van der Waals surface area contributed by atoms with Crippen LogP contribution in [0.5, 0.6) is 0 Å². The molecule has 0 bridgehead atoms. The topological polar surface area (TPSA) is 53.4 Å². The minimum atomic E-state index is -4.67. The van der Waals surface area contributed by atoms with Crippen molar-refractivity contribution >= 4 is 12.6 Å². The number of halogens is 3. The predicted molar refractivity (Wildman–Crippen MR) is 43.8 cm³/mol. The first-order chi connectivity index (χ1) is 6.32. The van der Waals surface area contributed by atoms with Gasteiger partial charge in [0.15, 0.2) is 0 Å². The van der Waals surface area contributed by atoms with Crippen LogP contribution in [0.1, 0.15) is 11.3 Å². The first kappa shape index (κ1) is 11.0. The highest BCUT2D eigenvalue weighted by atomic mass is 19.4. The van der Waals surface area contributed by atoms with Gasteiger partial charge in [-0.3, -0.25) is 4.98 Å². The minimum absolute atomic E-state index is 0.432. The lowest BCUT2D eigenvalue weighted by molar-refractivity contribution is -0.140. The van der Waals surface area contributed by atoms with E-state index in [1.165, 1.54) is 6.92 Å². The first-order valence-electron chi connectivity index (χ1n) is 3.72. The van der Waals surface area contributed by atoms with Crippen molar-refractivity contribution in [1.29, 1.82) is 0 Å². The van der Waals surface area contributed by atoms with E-state index in [4.69, 9.17) is 10.0 Å². The molecule has 76 valence electrons. The van der Waals surface area contributed by atoms with Gasteiger partial charge in [-0.2, -0.15) is 13.2 Å². The summed E-state index contributed by atoms with van der Waals surface area (Å²) in [7, 11) is -2.17. The van der Waals surface area contributed by atoms with E-state index in [0.717, 1.165) is 12.3 Å². The van der Waals surface area contributed by atoms with Gasteiger partial charge in [0.05, 0.1) is 0 Å². The Morgan fingerprint density at radius 2 is 1.93 bits per heavy atom. The fourth-order valence-electron chi connectivity index (χ4n) is 1.03. The van der Waals surface area contributed by atoms with Crippen LogP contribution >= 0.6 is 0 Å². The fourth-order valence-corrected chi connectivity index (χ4v) is 1.03. The summed E-state index contributed by atoms with van der Waals surface area (Å²) >= 11 is 0. The maximum Gasteiger partial charge on any atom is 0.490 e. The second kappa shape index (κ2) is 3.59. The molecule has 0 saturated heterocycles. The van der Waals surface area contributed by atoms with Gasteiger partial charge in [0, 0.05) is 11.7 Å². The van der Waals surface area contributed by atoms with Crippen molar-refractivity contribution in [2.24, 2.45) is 0 Å². The molecule has 1 aromatic heterocycles. The molecule has 14 heavy (non-hydrogen) atoms. The Kier molecular flexibility index (Phi) is 2.82. The number of aromatic nitrogens is 1. The maximum absolute atomic E-state index is 12.3. The minimum Gasteiger partial charge on any atom is -0.423 e. The summed E-state index contributed by atoms with van der Waals surface area (Å²) < 4.78 is 36.8. The Balaban J connectivity index is 3.29. The van der Waals surface area contributed by atoms with E-state index >= 15 is 0 Å². The van der Waals surface area contributed by atoms with Gasteiger partial charge in [-0.05, 0) is 12.5 Å². The average molecular weight is 205 g/mol. The van der Waals surface area contributed by atoms with E-state index in [1.54, 1.807) is 0 Å². The van der Waals surface area contributed by atoms with Crippen molar-refractivity contribution in [2.45, 2.75) is 13.1 Å². The third-order valence-corrected chi connectivity index (χ3v) is 1.60. The summed E-state index contributed by atoms with van der Waals surface area (Å²) in [5, 5.41) is 17.4. The number of hydrogen-bond donors (Lipinski definition) is 2. The molecule has 3 nitrogen and oxygen atoms in total. The molecule has 0 aromatic carbocycles. The lowest BCUT2D eigenvalue weighted by atomic mass is 9.78. The van der Waals surface area contributed by atoms with Gasteiger partial charge >= 0.3 is 13.3 Å². The summed E-state index contributed by atoms with van der Waals surface area (Å²) in [6.45, 7) is 1.51. The van der Waals surface area contributed by atoms with E-state index in [-0.39, 0.29) is 0 Å². The van der Waals surface area contributed by atoms with Crippen molar-refractivity contribution in [1.82, 2.24) is 4.98 Å². The second-order valence-corrected chi connectivity index (χ2v) is 2.82. The Hall–Kier alpha value is -1.08. The van der Waals surface area contributed by atoms with Gasteiger partial charge in [0.2, 0.25) is 0 Å². The SMILES string of the molecule is Cc1cnc(C(F)(F)F)c(B(O)O)c1. The third-order valence-electron chi connectivity index (χ3n) is 1.60. The highest BCUT2D eigenvalue weighted by Gasteiger charge is 2.37. The van der Waals surface area contributed by atoms with Gasteiger partial charge in [-0.25, -0.2) is 0 Å². The number of nitrogens with zero attached hydrogens (tertiary/aromatic N) is 1. The largest absolute Gasteiger partial charge is 0.490 e. The summed E-state index contributed by atoms with van der Waals surface area (Å²) in [5.74, 6) is 0. The second-order valence-electron chi connectivity index (χ2n) is 2.82. The van der Waals surface area contributed by atoms with Gasteiger partial charge in [0.1, 0.15) is 5.69 Å². The van der Waals surface area contributed by atoms with Crippen LogP contribution in [0.25, 0.3) is 0 Å². The van der Waals surface area contributed by atoms with Crippen LogP contribution in [0.4, 0.5) is 13.2 Å². The zero-order valence-corrected chi connectivity index (χ0v) is 7.21. The number of alkyl halides is 3. The van der Waals surface area contributed by atoms with Crippen molar-refractivity contribution in [3.05, 3.63) is 23.5 Å². The molecule has 0 spiro atoms. The maximum atomic E-state index is 12.3. The normalized spacial score (nSPS) is 11.6. The highest BCUT2D eigenvalue weighted by molar-refractivity contribution is 6.59. The van der Waals surface area contributed by atoms with Gasteiger partial charge in [-0.1, -0.05) is 6.07 Å². The van der Waals surface area contributed by atoms with E-state index in [9.17, 15) is 13.2 Å². The zero-order valence-electron chi connectivity index (χ0n) is 7.21. The molecular weight excluding hydrogens is 198 g/mol. The summed E-state index contributed by atoms with van der Waals surface area (Å²) in [6.07, 6.45) is -3.65. The van der Waals surface area contributed by atoms with Crippen molar-refractivity contribution in [3.63, 3.8) is 0 Å². The van der Waals surface area contributed by atoms with Crippen LogP contribution < -0.4 is 5.46 Å². The number of rotatable bonds is 1. The van der Waals surface area contributed by atoms with Crippen LogP contribution in [0.3, 0.4) is 0 Å². The van der Waals surface area contributed by atoms with Gasteiger partial charge in [0.25, 0.3) is 0 Å². The Morgan fingerprint density at radius 1 is 1.36 bits per heavy atom. The highest BCUT2D eigenvalue weighted by Crippen LogP contribution is 2.26.